The Kier molecular flexibility index (Phi) is 9.93. The quantitative estimate of drug-likeness (QED) is 0.405. The van der Waals surface area contributed by atoms with Crippen molar-refractivity contribution in [2.45, 2.75) is 78.1 Å². The van der Waals surface area contributed by atoms with Crippen LogP contribution in [0.5, 0.6) is 0 Å². The lowest BCUT2D eigenvalue weighted by atomic mass is 10.1. The van der Waals surface area contributed by atoms with E-state index in [4.69, 9.17) is 4.74 Å². The Hall–Kier alpha value is -1.06. The van der Waals surface area contributed by atoms with Gasteiger partial charge in [-0.2, -0.15) is 0 Å². The van der Waals surface area contributed by atoms with Crippen LogP contribution in [0.25, 0.3) is 0 Å². The summed E-state index contributed by atoms with van der Waals surface area (Å²) in [5.74, 6) is -0.312. The molecule has 1 aliphatic rings. The zero-order chi connectivity index (χ0) is 16.2. The molecule has 0 aromatic heterocycles. The molecular weight excluding hydrogens is 278 g/mol. The number of hydrogen-bond donors (Lipinski definition) is 0. The summed E-state index contributed by atoms with van der Waals surface area (Å²) in [7, 11) is 0. The molecule has 1 unspecified atom stereocenters. The van der Waals surface area contributed by atoms with Crippen LogP contribution in [-0.4, -0.2) is 36.5 Å². The average molecular weight is 311 g/mol. The first-order valence-corrected chi connectivity index (χ1v) is 9.13. The smallest absolute Gasteiger partial charge is 0.311 e. The largest absolute Gasteiger partial charge is 0.465 e. The lowest BCUT2D eigenvalue weighted by molar-refractivity contribution is -0.148. The second kappa shape index (κ2) is 11.5. The van der Waals surface area contributed by atoms with E-state index < -0.39 is 0 Å². The molecule has 0 aromatic carbocycles. The van der Waals surface area contributed by atoms with E-state index in [9.17, 15) is 9.59 Å². The molecule has 1 fully saturated rings. The van der Waals surface area contributed by atoms with Crippen LogP contribution in [0.15, 0.2) is 0 Å². The molecule has 1 saturated heterocycles. The molecule has 4 nitrogen and oxygen atoms in total. The number of likely N-dealkylation sites (tertiary alicyclic amines) is 1. The van der Waals surface area contributed by atoms with Crippen molar-refractivity contribution in [1.82, 2.24) is 4.90 Å². The fraction of sp³-hybridized carbons (Fsp3) is 0.889. The van der Waals surface area contributed by atoms with E-state index in [1.54, 1.807) is 0 Å². The van der Waals surface area contributed by atoms with Gasteiger partial charge >= 0.3 is 5.97 Å². The summed E-state index contributed by atoms with van der Waals surface area (Å²) in [6.07, 6.45) is 10.8. The molecule has 0 N–H and O–H groups in total. The zero-order valence-electron chi connectivity index (χ0n) is 14.4. The summed E-state index contributed by atoms with van der Waals surface area (Å²) in [6, 6.07) is 0. The molecule has 0 spiro atoms. The zero-order valence-corrected chi connectivity index (χ0v) is 14.4. The number of unbranched alkanes of at least 4 members (excludes halogenated alkanes) is 7. The van der Waals surface area contributed by atoms with Crippen molar-refractivity contribution >= 4 is 11.9 Å². The van der Waals surface area contributed by atoms with Gasteiger partial charge in [-0.15, -0.1) is 0 Å². The van der Waals surface area contributed by atoms with Crippen LogP contribution in [-0.2, 0) is 14.3 Å². The molecule has 0 aromatic rings. The number of nitrogens with zero attached hydrogens (tertiary/aromatic N) is 1. The number of esters is 1. The molecule has 0 bridgehead atoms. The predicted octanol–water partition coefficient (Wildman–Crippen LogP) is 3.93. The number of ether oxygens (including phenoxy) is 1. The number of amides is 1. The maximum atomic E-state index is 11.9. The molecule has 4 heteroatoms. The standard InChI is InChI=1S/C18H33NO3/c1-3-5-7-8-9-10-12-19-15-16(14-17(19)20)18(21)22-13-11-6-4-2/h16H,3-15H2,1-2H3. The molecule has 22 heavy (non-hydrogen) atoms. The number of rotatable bonds is 12. The van der Waals surface area contributed by atoms with E-state index in [-0.39, 0.29) is 17.8 Å². The van der Waals surface area contributed by atoms with Crippen molar-refractivity contribution in [2.75, 3.05) is 19.7 Å². The van der Waals surface area contributed by atoms with Crippen molar-refractivity contribution in [3.8, 4) is 0 Å². The molecule has 1 heterocycles. The average Bonchev–Trinajstić information content (AvgIpc) is 2.88. The van der Waals surface area contributed by atoms with E-state index >= 15 is 0 Å². The Labute approximate surface area is 135 Å². The van der Waals surface area contributed by atoms with E-state index in [0.717, 1.165) is 32.2 Å². The van der Waals surface area contributed by atoms with Gasteiger partial charge in [0.1, 0.15) is 0 Å². The minimum absolute atomic E-state index is 0.115. The molecule has 0 radical (unpaired) electrons. The van der Waals surface area contributed by atoms with Gasteiger partial charge < -0.3 is 9.64 Å². The molecule has 1 aliphatic heterocycles. The highest BCUT2D eigenvalue weighted by molar-refractivity contribution is 5.86. The van der Waals surface area contributed by atoms with Crippen molar-refractivity contribution in [1.29, 1.82) is 0 Å². The third-order valence-electron chi connectivity index (χ3n) is 4.32. The molecule has 0 aliphatic carbocycles. The Morgan fingerprint density at radius 2 is 1.68 bits per heavy atom. The summed E-state index contributed by atoms with van der Waals surface area (Å²) >= 11 is 0. The van der Waals surface area contributed by atoms with E-state index in [2.05, 4.69) is 13.8 Å². The Morgan fingerprint density at radius 1 is 1.05 bits per heavy atom. The fourth-order valence-corrected chi connectivity index (χ4v) is 2.87. The fourth-order valence-electron chi connectivity index (χ4n) is 2.87. The number of hydrogen-bond acceptors (Lipinski definition) is 3. The van der Waals surface area contributed by atoms with Gasteiger partial charge in [0.05, 0.1) is 12.5 Å². The summed E-state index contributed by atoms with van der Waals surface area (Å²) in [4.78, 5) is 25.7. The van der Waals surface area contributed by atoms with Crippen molar-refractivity contribution in [3.05, 3.63) is 0 Å². The number of carbonyl (C=O) groups excluding carboxylic acids is 2. The van der Waals surface area contributed by atoms with Crippen molar-refractivity contribution in [3.63, 3.8) is 0 Å². The maximum Gasteiger partial charge on any atom is 0.311 e. The van der Waals surface area contributed by atoms with Gasteiger partial charge in [-0.25, -0.2) is 0 Å². The van der Waals surface area contributed by atoms with Crippen LogP contribution in [0.1, 0.15) is 78.1 Å². The van der Waals surface area contributed by atoms with Crippen LogP contribution in [0.3, 0.4) is 0 Å². The summed E-state index contributed by atoms with van der Waals surface area (Å²) in [6.45, 7) is 6.18. The summed E-state index contributed by atoms with van der Waals surface area (Å²) < 4.78 is 5.28. The monoisotopic (exact) mass is 311 g/mol. The SMILES string of the molecule is CCCCCCCCN1CC(C(=O)OCCCCC)CC1=O. The summed E-state index contributed by atoms with van der Waals surface area (Å²) in [5.41, 5.74) is 0. The Morgan fingerprint density at radius 3 is 2.41 bits per heavy atom. The number of carbonyl (C=O) groups is 2. The van der Waals surface area contributed by atoms with E-state index in [1.807, 2.05) is 4.90 Å². The first kappa shape index (κ1) is 19.0. The Balaban J connectivity index is 2.15. The van der Waals surface area contributed by atoms with Gasteiger partial charge in [-0.05, 0) is 12.8 Å². The normalized spacial score (nSPS) is 18.0. The van der Waals surface area contributed by atoms with Crippen molar-refractivity contribution in [2.24, 2.45) is 5.92 Å². The van der Waals surface area contributed by atoms with Gasteiger partial charge in [0, 0.05) is 19.5 Å². The van der Waals surface area contributed by atoms with Crippen LogP contribution in [0.2, 0.25) is 0 Å². The maximum absolute atomic E-state index is 11.9. The van der Waals surface area contributed by atoms with E-state index in [1.165, 1.54) is 32.1 Å². The van der Waals surface area contributed by atoms with E-state index in [0.29, 0.717) is 19.6 Å². The minimum Gasteiger partial charge on any atom is -0.465 e. The molecule has 1 rings (SSSR count). The molecular formula is C18H33NO3. The van der Waals surface area contributed by atoms with Gasteiger partial charge in [0.25, 0.3) is 0 Å². The van der Waals surface area contributed by atoms with Gasteiger partial charge in [0.15, 0.2) is 0 Å². The van der Waals surface area contributed by atoms with Gasteiger partial charge in [-0.1, -0.05) is 58.8 Å². The van der Waals surface area contributed by atoms with Crippen LogP contribution < -0.4 is 0 Å². The topological polar surface area (TPSA) is 46.6 Å². The molecule has 1 amide bonds. The first-order chi connectivity index (χ1) is 10.7. The third-order valence-corrected chi connectivity index (χ3v) is 4.32. The van der Waals surface area contributed by atoms with Gasteiger partial charge in [0.2, 0.25) is 5.91 Å². The first-order valence-electron chi connectivity index (χ1n) is 9.13. The van der Waals surface area contributed by atoms with Crippen molar-refractivity contribution < 1.29 is 14.3 Å². The minimum atomic E-state index is -0.241. The van der Waals surface area contributed by atoms with Crippen LogP contribution in [0.4, 0.5) is 0 Å². The molecule has 128 valence electrons. The predicted molar refractivity (Wildman–Crippen MR) is 88.5 cm³/mol. The summed E-state index contributed by atoms with van der Waals surface area (Å²) in [5, 5.41) is 0. The van der Waals surface area contributed by atoms with Crippen LogP contribution in [0, 0.1) is 5.92 Å². The molecule has 0 saturated carbocycles. The second-order valence-corrected chi connectivity index (χ2v) is 6.38. The lowest BCUT2D eigenvalue weighted by Gasteiger charge is -2.16. The Bertz CT molecular complexity index is 330. The highest BCUT2D eigenvalue weighted by Crippen LogP contribution is 2.20. The lowest BCUT2D eigenvalue weighted by Crippen LogP contribution is -2.27. The highest BCUT2D eigenvalue weighted by Gasteiger charge is 2.34. The highest BCUT2D eigenvalue weighted by atomic mass is 16.5. The third kappa shape index (κ3) is 7.28. The van der Waals surface area contributed by atoms with Crippen LogP contribution >= 0.6 is 0 Å². The van der Waals surface area contributed by atoms with Gasteiger partial charge in [-0.3, -0.25) is 9.59 Å². The second-order valence-electron chi connectivity index (χ2n) is 6.38. The molecule has 1 atom stereocenters.